The predicted molar refractivity (Wildman–Crippen MR) is 151 cm³/mol. The molecule has 0 heterocycles. The zero-order valence-corrected chi connectivity index (χ0v) is 20.6. The van der Waals surface area contributed by atoms with Crippen LogP contribution < -0.4 is 10.6 Å². The zero-order valence-electron chi connectivity index (χ0n) is 20.6. The molecule has 38 heavy (non-hydrogen) atoms. The number of carbonyl (C=O) groups excluding carboxylic acids is 2. The maximum atomic E-state index is 13.7. The lowest BCUT2D eigenvalue weighted by Crippen LogP contribution is -2.30. The molecule has 0 radical (unpaired) electrons. The molecule has 0 aliphatic rings. The smallest absolute Gasteiger partial charge is 0.258 e. The zero-order chi connectivity index (χ0) is 26.5. The van der Waals surface area contributed by atoms with Crippen molar-refractivity contribution in [3.8, 4) is 28.0 Å². The Morgan fingerprint density at radius 3 is 1.89 bits per heavy atom. The van der Waals surface area contributed by atoms with E-state index in [1.54, 1.807) is 23.1 Å². The highest BCUT2D eigenvalue weighted by atomic mass is 16.3. The van der Waals surface area contributed by atoms with Crippen molar-refractivity contribution >= 4 is 17.5 Å². The maximum Gasteiger partial charge on any atom is 0.258 e. The van der Waals surface area contributed by atoms with Gasteiger partial charge in [-0.05, 0) is 52.6 Å². The first-order chi connectivity index (χ1) is 18.5. The van der Waals surface area contributed by atoms with Crippen LogP contribution in [0.5, 0.6) is 5.75 Å². The summed E-state index contributed by atoms with van der Waals surface area (Å²) in [7, 11) is 0. The van der Waals surface area contributed by atoms with Gasteiger partial charge in [-0.25, -0.2) is 0 Å². The lowest BCUT2D eigenvalue weighted by atomic mass is 9.90. The van der Waals surface area contributed by atoms with Crippen LogP contribution in [-0.2, 0) is 6.54 Å². The monoisotopic (exact) mass is 498 g/mol. The molecule has 0 atom stereocenters. The summed E-state index contributed by atoms with van der Waals surface area (Å²) in [6.07, 6.45) is 0. The third-order valence-electron chi connectivity index (χ3n) is 6.43. The van der Waals surface area contributed by atoms with Crippen LogP contribution in [0.2, 0.25) is 0 Å². The molecule has 0 aliphatic carbocycles. The van der Waals surface area contributed by atoms with E-state index in [0.717, 1.165) is 16.8 Å². The first kappa shape index (κ1) is 24.5. The number of hydrogen-bond donors (Lipinski definition) is 2. The number of anilines is 1. The summed E-state index contributed by atoms with van der Waals surface area (Å²) in [4.78, 5) is 28.0. The fraction of sp³-hybridized carbons (Fsp3) is 0.0303. The largest absolute Gasteiger partial charge is 0.507 e. The third kappa shape index (κ3) is 5.04. The van der Waals surface area contributed by atoms with Crippen molar-refractivity contribution in [3.63, 3.8) is 0 Å². The molecule has 0 aromatic heterocycles. The summed E-state index contributed by atoms with van der Waals surface area (Å²) >= 11 is 0. The molecule has 3 N–H and O–H groups in total. The Morgan fingerprint density at radius 2 is 1.26 bits per heavy atom. The minimum Gasteiger partial charge on any atom is -0.507 e. The number of para-hydroxylation sites is 1. The Morgan fingerprint density at radius 1 is 0.658 bits per heavy atom. The molecule has 5 nitrogen and oxygen atoms in total. The number of nitrogens with zero attached hydrogens (tertiary/aromatic N) is 1. The van der Waals surface area contributed by atoms with E-state index in [4.69, 9.17) is 5.73 Å². The fourth-order valence-corrected chi connectivity index (χ4v) is 4.60. The fourth-order valence-electron chi connectivity index (χ4n) is 4.60. The number of phenolic OH excluding ortho intramolecular Hbond substituents is 1. The molecule has 0 saturated heterocycles. The van der Waals surface area contributed by atoms with E-state index in [2.05, 4.69) is 0 Å². The average molecular weight is 499 g/mol. The molecule has 2 amide bonds. The van der Waals surface area contributed by atoms with Crippen molar-refractivity contribution in [2.24, 2.45) is 5.73 Å². The molecule has 5 heteroatoms. The predicted octanol–water partition coefficient (Wildman–Crippen LogP) is 6.67. The molecule has 0 fully saturated rings. The number of primary amides is 1. The number of phenols is 1. The molecule has 0 unspecified atom stereocenters. The second-order valence-electron chi connectivity index (χ2n) is 8.90. The van der Waals surface area contributed by atoms with Gasteiger partial charge < -0.3 is 15.7 Å². The topological polar surface area (TPSA) is 83.6 Å². The maximum absolute atomic E-state index is 13.7. The van der Waals surface area contributed by atoms with Crippen LogP contribution >= 0.6 is 0 Å². The number of amides is 2. The molecule has 0 saturated carbocycles. The minimum absolute atomic E-state index is 0.115. The highest BCUT2D eigenvalue weighted by Gasteiger charge is 2.22. The van der Waals surface area contributed by atoms with Gasteiger partial charge in [0.05, 0.1) is 12.1 Å². The van der Waals surface area contributed by atoms with Crippen LogP contribution in [0.15, 0.2) is 127 Å². The summed E-state index contributed by atoms with van der Waals surface area (Å²) in [5.41, 5.74) is 10.6. The Kier molecular flexibility index (Phi) is 7.00. The van der Waals surface area contributed by atoms with Crippen molar-refractivity contribution in [3.05, 3.63) is 144 Å². The normalized spacial score (nSPS) is 10.6. The molecule has 5 aromatic carbocycles. The van der Waals surface area contributed by atoms with Crippen molar-refractivity contribution < 1.29 is 14.7 Å². The van der Waals surface area contributed by atoms with Gasteiger partial charge in [0.15, 0.2) is 0 Å². The number of rotatable bonds is 7. The quantitative estimate of drug-likeness (QED) is 0.263. The SMILES string of the molecule is NC(=O)c1c(-c2ccccc2)cccc1-c1ccc(C(=O)N(Cc2ccccc2)c2ccccc2)cc1O. The molecule has 5 rings (SSSR count). The van der Waals surface area contributed by atoms with Crippen LogP contribution in [0.25, 0.3) is 22.3 Å². The van der Waals surface area contributed by atoms with E-state index in [9.17, 15) is 14.7 Å². The summed E-state index contributed by atoms with van der Waals surface area (Å²) < 4.78 is 0. The lowest BCUT2D eigenvalue weighted by Gasteiger charge is -2.23. The average Bonchev–Trinajstić information content (AvgIpc) is 2.96. The first-order valence-electron chi connectivity index (χ1n) is 12.3. The third-order valence-corrected chi connectivity index (χ3v) is 6.43. The molecule has 186 valence electrons. The van der Waals surface area contributed by atoms with Gasteiger partial charge in [0.25, 0.3) is 5.91 Å². The van der Waals surface area contributed by atoms with Gasteiger partial charge in [0.1, 0.15) is 5.75 Å². The summed E-state index contributed by atoms with van der Waals surface area (Å²) in [5.74, 6) is -0.969. The molecule has 0 bridgehead atoms. The van der Waals surface area contributed by atoms with Gasteiger partial charge >= 0.3 is 0 Å². The highest BCUT2D eigenvalue weighted by molar-refractivity contribution is 6.08. The molecule has 0 spiro atoms. The van der Waals surface area contributed by atoms with E-state index < -0.39 is 5.91 Å². The summed E-state index contributed by atoms with van der Waals surface area (Å²) in [6, 6.07) is 38.8. The Labute approximate surface area is 221 Å². The summed E-state index contributed by atoms with van der Waals surface area (Å²) in [6.45, 7) is 0.372. The number of hydrogen-bond acceptors (Lipinski definition) is 3. The van der Waals surface area contributed by atoms with Gasteiger partial charge in [0.2, 0.25) is 5.91 Å². The minimum atomic E-state index is -0.600. The molecule has 0 aliphatic heterocycles. The number of aromatic hydroxyl groups is 1. The van der Waals surface area contributed by atoms with Crippen LogP contribution in [0.3, 0.4) is 0 Å². The van der Waals surface area contributed by atoms with Gasteiger partial charge in [-0.3, -0.25) is 9.59 Å². The summed E-state index contributed by atoms with van der Waals surface area (Å²) in [5, 5.41) is 11.1. The van der Waals surface area contributed by atoms with E-state index in [1.807, 2.05) is 103 Å². The van der Waals surface area contributed by atoms with E-state index in [-0.39, 0.29) is 11.7 Å². The Hall–Kier alpha value is -5.16. The first-order valence-corrected chi connectivity index (χ1v) is 12.3. The van der Waals surface area contributed by atoms with Crippen LogP contribution in [0, 0.1) is 0 Å². The van der Waals surface area contributed by atoms with Crippen molar-refractivity contribution in [2.75, 3.05) is 4.90 Å². The lowest BCUT2D eigenvalue weighted by molar-refractivity contribution is 0.0981. The van der Waals surface area contributed by atoms with E-state index in [1.165, 1.54) is 6.07 Å². The number of benzene rings is 5. The van der Waals surface area contributed by atoms with Crippen molar-refractivity contribution in [1.29, 1.82) is 0 Å². The standard InChI is InChI=1S/C33H26N2O3/c34-32(37)31-27(24-13-6-2-7-14-24)17-10-18-29(31)28-20-19-25(21-30(28)36)33(38)35(26-15-8-3-9-16-26)22-23-11-4-1-5-12-23/h1-21,36H,22H2,(H2,34,37). The van der Waals surface area contributed by atoms with Gasteiger partial charge in [-0.1, -0.05) is 97.1 Å². The molecular weight excluding hydrogens is 472 g/mol. The van der Waals surface area contributed by atoms with Crippen LogP contribution in [-0.4, -0.2) is 16.9 Å². The Bertz CT molecular complexity index is 1580. The molecule has 5 aromatic rings. The second-order valence-corrected chi connectivity index (χ2v) is 8.90. The van der Waals surface area contributed by atoms with Gasteiger partial charge in [-0.15, -0.1) is 0 Å². The Balaban J connectivity index is 1.54. The van der Waals surface area contributed by atoms with Crippen molar-refractivity contribution in [1.82, 2.24) is 0 Å². The second kappa shape index (κ2) is 10.8. The van der Waals surface area contributed by atoms with Gasteiger partial charge in [-0.2, -0.15) is 0 Å². The molecular formula is C33H26N2O3. The van der Waals surface area contributed by atoms with Crippen molar-refractivity contribution in [2.45, 2.75) is 6.54 Å². The number of carbonyl (C=O) groups is 2. The highest BCUT2D eigenvalue weighted by Crippen LogP contribution is 2.37. The van der Waals surface area contributed by atoms with Gasteiger partial charge in [0, 0.05) is 16.8 Å². The van der Waals surface area contributed by atoms with E-state index in [0.29, 0.717) is 34.4 Å². The number of nitrogens with two attached hydrogens (primary N) is 1. The van der Waals surface area contributed by atoms with Crippen LogP contribution in [0.1, 0.15) is 26.3 Å². The van der Waals surface area contributed by atoms with Crippen LogP contribution in [0.4, 0.5) is 5.69 Å². The van der Waals surface area contributed by atoms with E-state index >= 15 is 0 Å².